The van der Waals surface area contributed by atoms with Crippen LogP contribution in [0.5, 0.6) is 5.75 Å². The highest BCUT2D eigenvalue weighted by Gasteiger charge is 2.21. The minimum atomic E-state index is -3.02. The lowest BCUT2D eigenvalue weighted by Crippen LogP contribution is -2.52. The van der Waals surface area contributed by atoms with Crippen molar-refractivity contribution in [2.75, 3.05) is 33.2 Å². The molecule has 0 atom stereocenters. The summed E-state index contributed by atoms with van der Waals surface area (Å²) >= 11 is 0. The summed E-state index contributed by atoms with van der Waals surface area (Å²) in [5.41, 5.74) is 0.913. The third kappa shape index (κ3) is 6.49. The van der Waals surface area contributed by atoms with Crippen molar-refractivity contribution in [1.29, 1.82) is 0 Å². The summed E-state index contributed by atoms with van der Waals surface area (Å²) in [7, 11) is 1.63. The number of nitrogens with one attached hydrogen (secondary N) is 1. The zero-order valence-corrected chi connectivity index (χ0v) is 18.2. The molecule has 0 aliphatic carbocycles. The van der Waals surface area contributed by atoms with Crippen LogP contribution in [0.4, 0.5) is 13.2 Å². The zero-order valence-electron chi connectivity index (χ0n) is 15.9. The monoisotopic (exact) mass is 525 g/mol. The quantitative estimate of drug-likeness (QED) is 0.356. The minimum Gasteiger partial charge on any atom is -0.434 e. The Hall–Kier alpha value is -2.02. The van der Waals surface area contributed by atoms with Gasteiger partial charge in [0.2, 0.25) is 0 Å². The van der Waals surface area contributed by atoms with Gasteiger partial charge in [-0.15, -0.1) is 24.0 Å². The summed E-state index contributed by atoms with van der Waals surface area (Å²) in [5.74, 6) is -0.221. The number of guanidine groups is 1. The van der Waals surface area contributed by atoms with Crippen molar-refractivity contribution in [3.05, 3.63) is 47.6 Å². The first-order chi connectivity index (χ1) is 13.6. The van der Waals surface area contributed by atoms with Gasteiger partial charge in [0.25, 0.3) is 0 Å². The van der Waals surface area contributed by atoms with Crippen LogP contribution in [0.15, 0.2) is 40.0 Å². The second-order valence-electron chi connectivity index (χ2n) is 6.25. The van der Waals surface area contributed by atoms with Crippen LogP contribution in [-0.2, 0) is 13.1 Å². The highest BCUT2D eigenvalue weighted by Crippen LogP contribution is 2.23. The molecule has 160 valence electrons. The van der Waals surface area contributed by atoms with E-state index in [-0.39, 0.29) is 41.8 Å². The first-order valence-corrected chi connectivity index (χ1v) is 8.86. The van der Waals surface area contributed by atoms with Gasteiger partial charge in [-0.1, -0.05) is 11.2 Å². The predicted octanol–water partition coefficient (Wildman–Crippen LogP) is 2.93. The van der Waals surface area contributed by atoms with E-state index >= 15 is 0 Å². The molecule has 1 fully saturated rings. The van der Waals surface area contributed by atoms with Crippen molar-refractivity contribution < 1.29 is 22.4 Å². The standard InChI is InChI=1S/C18H22F3N5O2.HI/c1-22-18(23-11-14-15(19)3-2-4-16(14)28-17(20)21)26-8-6-25(7-9-26)12-13-5-10-27-24-13;/h2-5,10,17H,6-9,11-12H2,1H3,(H,22,23);1H. The maximum Gasteiger partial charge on any atom is 0.387 e. The summed E-state index contributed by atoms with van der Waals surface area (Å²) in [6.07, 6.45) is 1.55. The van der Waals surface area contributed by atoms with Gasteiger partial charge in [0, 0.05) is 57.9 Å². The van der Waals surface area contributed by atoms with Crippen LogP contribution in [0.1, 0.15) is 11.3 Å². The van der Waals surface area contributed by atoms with Gasteiger partial charge in [-0.25, -0.2) is 4.39 Å². The Kier molecular flexibility index (Phi) is 9.01. The van der Waals surface area contributed by atoms with E-state index < -0.39 is 12.4 Å². The fourth-order valence-electron chi connectivity index (χ4n) is 3.08. The van der Waals surface area contributed by atoms with Gasteiger partial charge >= 0.3 is 6.61 Å². The van der Waals surface area contributed by atoms with Gasteiger partial charge in [-0.3, -0.25) is 9.89 Å². The first-order valence-electron chi connectivity index (χ1n) is 8.86. The van der Waals surface area contributed by atoms with Gasteiger partial charge in [0.1, 0.15) is 17.8 Å². The highest BCUT2D eigenvalue weighted by atomic mass is 127. The molecule has 0 amide bonds. The van der Waals surface area contributed by atoms with E-state index in [9.17, 15) is 13.2 Å². The van der Waals surface area contributed by atoms with Crippen molar-refractivity contribution in [2.24, 2.45) is 4.99 Å². The molecule has 1 N–H and O–H groups in total. The average molecular weight is 525 g/mol. The lowest BCUT2D eigenvalue weighted by molar-refractivity contribution is -0.0506. The maximum absolute atomic E-state index is 14.1. The largest absolute Gasteiger partial charge is 0.434 e. The van der Waals surface area contributed by atoms with Gasteiger partial charge in [0.15, 0.2) is 5.96 Å². The maximum atomic E-state index is 14.1. The van der Waals surface area contributed by atoms with Crippen LogP contribution in [0.25, 0.3) is 0 Å². The molecule has 0 bridgehead atoms. The Bertz CT molecular complexity index is 784. The highest BCUT2D eigenvalue weighted by molar-refractivity contribution is 14.0. The van der Waals surface area contributed by atoms with Crippen molar-refractivity contribution in [3.63, 3.8) is 0 Å². The average Bonchev–Trinajstić information content (AvgIpc) is 3.18. The zero-order chi connectivity index (χ0) is 19.9. The lowest BCUT2D eigenvalue weighted by atomic mass is 10.2. The third-order valence-electron chi connectivity index (χ3n) is 4.48. The molecule has 2 aromatic rings. The molecule has 1 aromatic heterocycles. The van der Waals surface area contributed by atoms with Crippen LogP contribution in [0.2, 0.25) is 0 Å². The van der Waals surface area contributed by atoms with Gasteiger partial charge in [-0.05, 0) is 12.1 Å². The van der Waals surface area contributed by atoms with E-state index in [1.807, 2.05) is 11.0 Å². The molecule has 29 heavy (non-hydrogen) atoms. The number of hydrogen-bond acceptors (Lipinski definition) is 5. The second-order valence-corrected chi connectivity index (χ2v) is 6.25. The van der Waals surface area contributed by atoms with E-state index in [0.29, 0.717) is 12.5 Å². The number of halogens is 4. The molecule has 1 aliphatic rings. The smallest absolute Gasteiger partial charge is 0.387 e. The normalized spacial score (nSPS) is 15.3. The van der Waals surface area contributed by atoms with Crippen molar-refractivity contribution in [1.82, 2.24) is 20.3 Å². The Morgan fingerprint density at radius 3 is 2.66 bits per heavy atom. The van der Waals surface area contributed by atoms with Gasteiger partial charge in [0.05, 0.1) is 5.69 Å². The molecule has 11 heteroatoms. The minimum absolute atomic E-state index is 0. The number of aliphatic imine (C=N–C) groups is 1. The topological polar surface area (TPSA) is 66.1 Å². The number of ether oxygens (including phenoxy) is 1. The number of benzene rings is 1. The van der Waals surface area contributed by atoms with E-state index in [2.05, 4.69) is 25.1 Å². The summed E-state index contributed by atoms with van der Waals surface area (Å²) in [5, 5.41) is 6.95. The number of hydrogen-bond donors (Lipinski definition) is 1. The second kappa shape index (κ2) is 11.2. The van der Waals surface area contributed by atoms with Crippen molar-refractivity contribution in [2.45, 2.75) is 19.7 Å². The summed E-state index contributed by atoms with van der Waals surface area (Å²) < 4.78 is 48.4. The summed E-state index contributed by atoms with van der Waals surface area (Å²) in [6.45, 7) is 0.711. The molecule has 3 rings (SSSR count). The van der Waals surface area contributed by atoms with E-state index in [1.165, 1.54) is 18.2 Å². The predicted molar refractivity (Wildman–Crippen MR) is 112 cm³/mol. The fraction of sp³-hybridized carbons (Fsp3) is 0.444. The molecular formula is C18H23F3IN5O2. The lowest BCUT2D eigenvalue weighted by Gasteiger charge is -2.36. The molecule has 2 heterocycles. The molecule has 1 saturated heterocycles. The molecule has 0 saturated carbocycles. The fourth-order valence-corrected chi connectivity index (χ4v) is 3.08. The summed E-state index contributed by atoms with van der Waals surface area (Å²) in [6, 6.07) is 5.69. The number of piperazine rings is 1. The Labute approximate surface area is 183 Å². The van der Waals surface area contributed by atoms with Crippen LogP contribution in [-0.4, -0.2) is 60.8 Å². The third-order valence-corrected chi connectivity index (χ3v) is 4.48. The van der Waals surface area contributed by atoms with Crippen LogP contribution in [0.3, 0.4) is 0 Å². The molecule has 0 radical (unpaired) electrons. The molecule has 0 unspecified atom stereocenters. The molecular weight excluding hydrogens is 502 g/mol. The van der Waals surface area contributed by atoms with Crippen molar-refractivity contribution >= 4 is 29.9 Å². The van der Waals surface area contributed by atoms with Crippen molar-refractivity contribution in [3.8, 4) is 5.75 Å². The molecule has 0 spiro atoms. The first kappa shape index (κ1) is 23.3. The van der Waals surface area contributed by atoms with E-state index in [0.717, 1.165) is 31.9 Å². The van der Waals surface area contributed by atoms with Crippen LogP contribution >= 0.6 is 24.0 Å². The number of alkyl halides is 2. The molecule has 1 aliphatic heterocycles. The molecule has 1 aromatic carbocycles. The Morgan fingerprint density at radius 2 is 2.03 bits per heavy atom. The Morgan fingerprint density at radius 1 is 1.28 bits per heavy atom. The van der Waals surface area contributed by atoms with Crippen LogP contribution in [0, 0.1) is 5.82 Å². The van der Waals surface area contributed by atoms with Gasteiger partial charge in [-0.2, -0.15) is 8.78 Å². The SMILES string of the molecule is CN=C(NCc1c(F)cccc1OC(F)F)N1CCN(Cc2ccon2)CC1.I. The van der Waals surface area contributed by atoms with E-state index in [1.54, 1.807) is 13.3 Å². The van der Waals surface area contributed by atoms with E-state index in [4.69, 9.17) is 4.52 Å². The number of nitrogens with zero attached hydrogens (tertiary/aromatic N) is 4. The molecule has 7 nitrogen and oxygen atoms in total. The Balaban J connectivity index is 0.00000300. The number of aromatic nitrogens is 1. The van der Waals surface area contributed by atoms with Crippen LogP contribution < -0.4 is 10.1 Å². The summed E-state index contributed by atoms with van der Waals surface area (Å²) in [4.78, 5) is 8.50. The number of rotatable bonds is 6. The van der Waals surface area contributed by atoms with Gasteiger partial charge < -0.3 is 19.5 Å².